The summed E-state index contributed by atoms with van der Waals surface area (Å²) < 4.78 is 7.07. The average molecular weight is 346 g/mol. The van der Waals surface area contributed by atoms with Crippen molar-refractivity contribution in [3.05, 3.63) is 72.3 Å². The van der Waals surface area contributed by atoms with E-state index in [2.05, 4.69) is 10.4 Å². The number of aromatic nitrogens is 3. The quantitative estimate of drug-likeness (QED) is 0.599. The van der Waals surface area contributed by atoms with Crippen LogP contribution in [0.3, 0.4) is 0 Å². The van der Waals surface area contributed by atoms with Gasteiger partial charge in [0.05, 0.1) is 35.6 Å². The number of hydrogen-bond donors (Lipinski definition) is 1. The first-order valence-electron chi connectivity index (χ1n) is 8.49. The largest absolute Gasteiger partial charge is 0.467 e. The second-order valence-corrected chi connectivity index (χ2v) is 5.88. The molecule has 0 aliphatic rings. The second-order valence-electron chi connectivity index (χ2n) is 5.88. The number of furan rings is 1. The van der Waals surface area contributed by atoms with E-state index in [1.807, 2.05) is 49.4 Å². The number of rotatable bonds is 5. The van der Waals surface area contributed by atoms with Crippen LogP contribution in [0.5, 0.6) is 0 Å². The Morgan fingerprint density at radius 3 is 2.77 bits per heavy atom. The zero-order chi connectivity index (χ0) is 17.9. The number of nitrogens with zero attached hydrogens (tertiary/aromatic N) is 3. The Kier molecular flexibility index (Phi) is 4.23. The van der Waals surface area contributed by atoms with Gasteiger partial charge in [-0.25, -0.2) is 9.67 Å². The Morgan fingerprint density at radius 2 is 2.04 bits per heavy atom. The number of amides is 1. The molecule has 4 rings (SSSR count). The van der Waals surface area contributed by atoms with Crippen LogP contribution in [-0.4, -0.2) is 20.7 Å². The molecule has 1 aromatic carbocycles. The van der Waals surface area contributed by atoms with E-state index in [4.69, 9.17) is 9.40 Å². The highest BCUT2D eigenvalue weighted by atomic mass is 16.3. The molecule has 3 aromatic heterocycles. The first-order valence-corrected chi connectivity index (χ1v) is 8.49. The lowest BCUT2D eigenvalue weighted by molar-refractivity contribution is 0.0949. The fourth-order valence-electron chi connectivity index (χ4n) is 2.90. The molecule has 130 valence electrons. The number of fused-ring (bicyclic) bond motifs is 1. The normalized spacial score (nSPS) is 11.0. The number of aryl methyl sites for hydroxylation is 1. The Hall–Kier alpha value is -3.41. The van der Waals surface area contributed by atoms with Crippen LogP contribution in [0.15, 0.2) is 65.4 Å². The maximum Gasteiger partial charge on any atom is 0.252 e. The van der Waals surface area contributed by atoms with Crippen molar-refractivity contribution < 1.29 is 9.21 Å². The topological polar surface area (TPSA) is 73.0 Å². The lowest BCUT2D eigenvalue weighted by Crippen LogP contribution is -2.23. The summed E-state index contributed by atoms with van der Waals surface area (Å²) in [6, 6.07) is 15.3. The predicted octanol–water partition coefficient (Wildman–Crippen LogP) is 3.64. The van der Waals surface area contributed by atoms with Crippen LogP contribution in [0.4, 0.5) is 0 Å². The summed E-state index contributed by atoms with van der Waals surface area (Å²) >= 11 is 0. The number of carbonyl (C=O) groups is 1. The number of nitrogens with one attached hydrogen (secondary N) is 1. The van der Waals surface area contributed by atoms with Gasteiger partial charge in [-0.1, -0.05) is 30.3 Å². The van der Waals surface area contributed by atoms with Gasteiger partial charge in [-0.05, 0) is 25.1 Å². The zero-order valence-electron chi connectivity index (χ0n) is 14.3. The third-order valence-corrected chi connectivity index (χ3v) is 4.23. The molecule has 1 N–H and O–H groups in total. The van der Waals surface area contributed by atoms with E-state index in [1.54, 1.807) is 23.2 Å². The summed E-state index contributed by atoms with van der Waals surface area (Å²) in [5.74, 6) is 0.526. The third kappa shape index (κ3) is 2.97. The highest BCUT2D eigenvalue weighted by Gasteiger charge is 2.17. The smallest absolute Gasteiger partial charge is 0.252 e. The van der Waals surface area contributed by atoms with Gasteiger partial charge in [-0.15, -0.1) is 0 Å². The fraction of sp³-hybridized carbons (Fsp3) is 0.150. The molecule has 0 radical (unpaired) electrons. The minimum absolute atomic E-state index is 0.179. The van der Waals surface area contributed by atoms with Crippen LogP contribution in [0.2, 0.25) is 0 Å². The molecule has 0 aliphatic heterocycles. The molecule has 6 heteroatoms. The van der Waals surface area contributed by atoms with Crippen LogP contribution >= 0.6 is 0 Å². The van der Waals surface area contributed by atoms with Crippen molar-refractivity contribution in [3.63, 3.8) is 0 Å². The van der Waals surface area contributed by atoms with Gasteiger partial charge in [0.1, 0.15) is 5.76 Å². The summed E-state index contributed by atoms with van der Waals surface area (Å²) in [6.45, 7) is 3.01. The van der Waals surface area contributed by atoms with Gasteiger partial charge in [0.2, 0.25) is 0 Å². The molecule has 4 aromatic rings. The van der Waals surface area contributed by atoms with E-state index in [-0.39, 0.29) is 5.91 Å². The predicted molar refractivity (Wildman–Crippen MR) is 98.5 cm³/mol. The van der Waals surface area contributed by atoms with Crippen LogP contribution in [0.25, 0.3) is 22.3 Å². The van der Waals surface area contributed by atoms with E-state index < -0.39 is 0 Å². The maximum atomic E-state index is 12.8. The molecule has 3 heterocycles. The van der Waals surface area contributed by atoms with Gasteiger partial charge in [-0.3, -0.25) is 4.79 Å². The van der Waals surface area contributed by atoms with E-state index in [1.165, 1.54) is 0 Å². The van der Waals surface area contributed by atoms with E-state index in [0.29, 0.717) is 30.1 Å². The first-order chi connectivity index (χ1) is 12.8. The summed E-state index contributed by atoms with van der Waals surface area (Å²) in [4.78, 5) is 17.5. The Labute approximate surface area is 150 Å². The van der Waals surface area contributed by atoms with Crippen molar-refractivity contribution in [2.24, 2.45) is 0 Å². The maximum absolute atomic E-state index is 12.8. The number of carbonyl (C=O) groups excluding carboxylic acids is 1. The summed E-state index contributed by atoms with van der Waals surface area (Å²) in [6.07, 6.45) is 3.29. The van der Waals surface area contributed by atoms with E-state index in [9.17, 15) is 4.79 Å². The van der Waals surface area contributed by atoms with Crippen LogP contribution in [0, 0.1) is 0 Å². The second kappa shape index (κ2) is 6.84. The summed E-state index contributed by atoms with van der Waals surface area (Å²) in [5, 5.41) is 8.00. The van der Waals surface area contributed by atoms with Crippen LogP contribution < -0.4 is 5.32 Å². The van der Waals surface area contributed by atoms with Gasteiger partial charge in [0, 0.05) is 12.1 Å². The Bertz CT molecular complexity index is 1040. The summed E-state index contributed by atoms with van der Waals surface area (Å²) in [5.41, 5.74) is 2.96. The number of pyridine rings is 1. The van der Waals surface area contributed by atoms with Gasteiger partial charge >= 0.3 is 0 Å². The van der Waals surface area contributed by atoms with Crippen molar-refractivity contribution in [2.75, 3.05) is 0 Å². The van der Waals surface area contributed by atoms with Crippen LogP contribution in [0.1, 0.15) is 23.0 Å². The zero-order valence-corrected chi connectivity index (χ0v) is 14.3. The van der Waals surface area contributed by atoms with Crippen molar-refractivity contribution in [1.82, 2.24) is 20.1 Å². The monoisotopic (exact) mass is 346 g/mol. The molecule has 0 unspecified atom stereocenters. The molecule has 0 aliphatic carbocycles. The minimum Gasteiger partial charge on any atom is -0.467 e. The molecule has 1 amide bonds. The van der Waals surface area contributed by atoms with Gasteiger partial charge in [0.15, 0.2) is 5.65 Å². The SMILES string of the molecule is CCn1ncc2c(C(=O)NCc3ccco3)cc(-c3ccccc3)nc21. The molecule has 6 nitrogen and oxygen atoms in total. The molecular weight excluding hydrogens is 328 g/mol. The molecule has 0 saturated heterocycles. The molecule has 0 bridgehead atoms. The van der Waals surface area contributed by atoms with E-state index >= 15 is 0 Å². The molecule has 0 atom stereocenters. The first kappa shape index (κ1) is 16.1. The molecule has 26 heavy (non-hydrogen) atoms. The van der Waals surface area contributed by atoms with Crippen molar-refractivity contribution in [3.8, 4) is 11.3 Å². The van der Waals surface area contributed by atoms with Crippen molar-refractivity contribution >= 4 is 16.9 Å². The standard InChI is InChI=1S/C20H18N4O2/c1-2-24-19-17(13-22-24)16(20(25)21-12-15-9-6-10-26-15)11-18(23-19)14-7-4-3-5-8-14/h3-11,13H,2,12H2,1H3,(H,21,25). The minimum atomic E-state index is -0.179. The molecule has 0 saturated carbocycles. The lowest BCUT2D eigenvalue weighted by Gasteiger charge is -2.09. The third-order valence-electron chi connectivity index (χ3n) is 4.23. The number of hydrogen-bond acceptors (Lipinski definition) is 4. The Morgan fingerprint density at radius 1 is 1.19 bits per heavy atom. The van der Waals surface area contributed by atoms with Gasteiger partial charge in [0.25, 0.3) is 5.91 Å². The van der Waals surface area contributed by atoms with Crippen molar-refractivity contribution in [2.45, 2.75) is 20.0 Å². The average Bonchev–Trinajstić information content (AvgIpc) is 3.35. The number of benzene rings is 1. The van der Waals surface area contributed by atoms with E-state index in [0.717, 1.165) is 16.6 Å². The Balaban J connectivity index is 1.76. The summed E-state index contributed by atoms with van der Waals surface area (Å²) in [7, 11) is 0. The highest BCUT2D eigenvalue weighted by Crippen LogP contribution is 2.25. The van der Waals surface area contributed by atoms with Gasteiger partial charge < -0.3 is 9.73 Å². The van der Waals surface area contributed by atoms with Gasteiger partial charge in [-0.2, -0.15) is 5.10 Å². The highest BCUT2D eigenvalue weighted by molar-refractivity contribution is 6.06. The molecular formula is C20H18N4O2. The lowest BCUT2D eigenvalue weighted by atomic mass is 10.1. The van der Waals surface area contributed by atoms with Crippen molar-refractivity contribution in [1.29, 1.82) is 0 Å². The fourth-order valence-corrected chi connectivity index (χ4v) is 2.90. The van der Waals surface area contributed by atoms with Crippen LogP contribution in [-0.2, 0) is 13.1 Å². The molecule has 0 spiro atoms. The molecule has 0 fully saturated rings.